The zero-order valence-electron chi connectivity index (χ0n) is 33.8. The van der Waals surface area contributed by atoms with Crippen molar-refractivity contribution < 1.29 is 31.5 Å². The first kappa shape index (κ1) is 41.8. The zero-order chi connectivity index (χ0) is 42.9. The van der Waals surface area contributed by atoms with Crippen LogP contribution in [0.4, 0.5) is 38.6 Å². The highest BCUT2D eigenvalue weighted by Crippen LogP contribution is 2.43. The van der Waals surface area contributed by atoms with Crippen LogP contribution in [0.15, 0.2) is 78.9 Å². The second-order valence-corrected chi connectivity index (χ2v) is 16.0. The number of amides is 1. The number of nitrogens with zero attached hydrogens (tertiary/aromatic N) is 8. The number of piperazine rings is 1. The summed E-state index contributed by atoms with van der Waals surface area (Å²) in [6, 6.07) is 21.4. The summed E-state index contributed by atoms with van der Waals surface area (Å²) < 4.78 is 83.0. The van der Waals surface area contributed by atoms with E-state index in [1.807, 2.05) is 67.0 Å². The summed E-state index contributed by atoms with van der Waals surface area (Å²) in [6.45, 7) is 8.00. The van der Waals surface area contributed by atoms with Gasteiger partial charge in [0, 0.05) is 67.5 Å². The summed E-state index contributed by atoms with van der Waals surface area (Å²) in [5.41, 5.74) is 2.43. The second-order valence-electron chi connectivity index (χ2n) is 15.1. The van der Waals surface area contributed by atoms with E-state index in [2.05, 4.69) is 11.2 Å². The molecule has 0 bridgehead atoms. The van der Waals surface area contributed by atoms with Gasteiger partial charge >= 0.3 is 0 Å². The van der Waals surface area contributed by atoms with Crippen molar-refractivity contribution >= 4 is 44.8 Å². The molecule has 0 aliphatic carbocycles. The van der Waals surface area contributed by atoms with Crippen LogP contribution >= 0.6 is 11.3 Å². The lowest BCUT2D eigenvalue weighted by molar-refractivity contribution is -0.148. The molecular formula is C45H43F5N8O2S. The predicted octanol–water partition coefficient (Wildman–Crippen LogP) is 8.97. The smallest absolute Gasteiger partial charge is 0.236 e. The van der Waals surface area contributed by atoms with Gasteiger partial charge in [-0.25, -0.2) is 31.6 Å². The number of anilines is 3. The standard InChI is InChI=1S/C45H43F5N8O2S/c1-4-36-43(32-16-17-34(47)40(50)39(32)49)54(25-38(59)55-23-31(24-55)60-26-27-10-8-7-9-11-27)18-19-57(36)30-20-33-42(35(48)21-30)53-58(6-3)44(33)56(5-2)45-52-41(37(22-51)61-45)28-12-14-29(46)15-13-28/h7-17,20-21,31,36,43H,4-6,18-19,23-26H2,1-3H3. The van der Waals surface area contributed by atoms with Gasteiger partial charge in [-0.2, -0.15) is 10.4 Å². The zero-order valence-corrected chi connectivity index (χ0v) is 34.6. The summed E-state index contributed by atoms with van der Waals surface area (Å²) in [5, 5.41) is 15.6. The highest BCUT2D eigenvalue weighted by Gasteiger charge is 2.42. The van der Waals surface area contributed by atoms with Crippen molar-refractivity contribution in [2.45, 2.75) is 58.5 Å². The maximum atomic E-state index is 16.4. The van der Waals surface area contributed by atoms with E-state index in [4.69, 9.17) is 9.72 Å². The molecule has 1 amide bonds. The molecule has 0 N–H and O–H groups in total. The number of rotatable bonds is 13. The third-order valence-corrected chi connectivity index (χ3v) is 12.5. The maximum Gasteiger partial charge on any atom is 0.236 e. The van der Waals surface area contributed by atoms with Gasteiger partial charge < -0.3 is 19.4 Å². The Morgan fingerprint density at radius 2 is 1.69 bits per heavy atom. The molecule has 2 aliphatic heterocycles. The van der Waals surface area contributed by atoms with Crippen LogP contribution in [0.2, 0.25) is 0 Å². The number of thiazole rings is 1. The van der Waals surface area contributed by atoms with Crippen molar-refractivity contribution in [1.29, 1.82) is 5.26 Å². The van der Waals surface area contributed by atoms with Crippen LogP contribution in [-0.2, 0) is 22.7 Å². The van der Waals surface area contributed by atoms with Gasteiger partial charge in [-0.05, 0) is 68.3 Å². The van der Waals surface area contributed by atoms with Crippen LogP contribution in [0.5, 0.6) is 0 Å². The average Bonchev–Trinajstić information content (AvgIpc) is 3.85. The summed E-state index contributed by atoms with van der Waals surface area (Å²) in [7, 11) is 0. The fraction of sp³-hybridized carbons (Fsp3) is 0.333. The molecule has 2 unspecified atom stereocenters. The van der Waals surface area contributed by atoms with Crippen molar-refractivity contribution in [3.63, 3.8) is 0 Å². The molecule has 2 atom stereocenters. The first-order chi connectivity index (χ1) is 29.5. The van der Waals surface area contributed by atoms with E-state index in [1.165, 1.54) is 24.3 Å². The minimum absolute atomic E-state index is 0.107. The van der Waals surface area contributed by atoms with Gasteiger partial charge in [-0.1, -0.05) is 54.7 Å². The lowest BCUT2D eigenvalue weighted by atomic mass is 9.90. The Balaban J connectivity index is 1.12. The lowest BCUT2D eigenvalue weighted by Crippen LogP contribution is -2.60. The largest absolute Gasteiger partial charge is 0.370 e. The number of fused-ring (bicyclic) bond motifs is 1. The van der Waals surface area contributed by atoms with Gasteiger partial charge in [0.15, 0.2) is 28.4 Å². The van der Waals surface area contributed by atoms with Gasteiger partial charge in [0.05, 0.1) is 25.3 Å². The van der Waals surface area contributed by atoms with Crippen LogP contribution in [0.1, 0.15) is 49.2 Å². The molecule has 4 aromatic carbocycles. The number of nitriles is 1. The number of carbonyl (C=O) groups excluding carboxylic acids is 1. The number of carbonyl (C=O) groups is 1. The predicted molar refractivity (Wildman–Crippen MR) is 224 cm³/mol. The molecule has 16 heteroatoms. The van der Waals surface area contributed by atoms with Crippen molar-refractivity contribution in [2.24, 2.45) is 0 Å². The SMILES string of the molecule is CCC1C(c2ccc(F)c(F)c2F)N(CC(=O)N2CC(OCc3ccccc3)C2)CCN1c1cc(F)c2nn(CC)c(N(CC)c3nc(-c4ccc(F)cc4)c(C#N)s3)c2c1. The molecule has 61 heavy (non-hydrogen) atoms. The quantitative estimate of drug-likeness (QED) is 0.0841. The van der Waals surface area contributed by atoms with E-state index < -0.39 is 41.2 Å². The number of aryl methyl sites for hydroxylation is 1. The molecular weight excluding hydrogens is 812 g/mol. The normalized spacial score (nSPS) is 17.2. The molecule has 2 aromatic heterocycles. The highest BCUT2D eigenvalue weighted by atomic mass is 32.1. The Morgan fingerprint density at radius 3 is 2.38 bits per heavy atom. The van der Waals surface area contributed by atoms with Crippen LogP contribution in [0, 0.1) is 40.4 Å². The Labute approximate surface area is 354 Å². The fourth-order valence-electron chi connectivity index (χ4n) is 8.39. The molecule has 4 heterocycles. The Kier molecular flexibility index (Phi) is 12.1. The van der Waals surface area contributed by atoms with Crippen LogP contribution in [0.3, 0.4) is 0 Å². The molecule has 2 aliphatic rings. The molecule has 2 fully saturated rings. The monoisotopic (exact) mass is 854 g/mol. The molecule has 316 valence electrons. The molecule has 6 aromatic rings. The summed E-state index contributed by atoms with van der Waals surface area (Å²) in [6.07, 6.45) is 0.233. The van der Waals surface area contributed by atoms with E-state index in [0.29, 0.717) is 83.9 Å². The van der Waals surface area contributed by atoms with Crippen molar-refractivity contribution in [1.82, 2.24) is 24.6 Å². The number of likely N-dealkylation sites (tertiary alicyclic amines) is 1. The van der Waals surface area contributed by atoms with Gasteiger partial charge in [-0.15, -0.1) is 0 Å². The Hall–Kier alpha value is -5.89. The first-order valence-electron chi connectivity index (χ1n) is 20.2. The Morgan fingerprint density at radius 1 is 0.934 bits per heavy atom. The molecule has 0 radical (unpaired) electrons. The number of hydrogen-bond acceptors (Lipinski definition) is 9. The van der Waals surface area contributed by atoms with E-state index >= 15 is 8.78 Å². The molecule has 8 rings (SSSR count). The molecule has 2 saturated heterocycles. The third-order valence-electron chi connectivity index (χ3n) is 11.5. The fourth-order valence-corrected chi connectivity index (χ4v) is 9.34. The van der Waals surface area contributed by atoms with E-state index in [0.717, 1.165) is 23.0 Å². The number of ether oxygens (including phenoxy) is 1. The number of benzene rings is 4. The van der Waals surface area contributed by atoms with E-state index in [9.17, 15) is 23.2 Å². The van der Waals surface area contributed by atoms with Crippen LogP contribution in [0.25, 0.3) is 22.2 Å². The van der Waals surface area contributed by atoms with Gasteiger partial charge in [0.2, 0.25) is 5.91 Å². The first-order valence-corrected chi connectivity index (χ1v) is 21.1. The number of hydrogen-bond donors (Lipinski definition) is 0. The molecule has 0 spiro atoms. The van der Waals surface area contributed by atoms with Crippen molar-refractivity contribution in [3.05, 3.63) is 124 Å². The topological polar surface area (TPSA) is 93.8 Å². The summed E-state index contributed by atoms with van der Waals surface area (Å²) >= 11 is 1.15. The van der Waals surface area contributed by atoms with E-state index in [-0.39, 0.29) is 36.2 Å². The number of halogens is 5. The van der Waals surface area contributed by atoms with Gasteiger partial charge in [0.1, 0.15) is 33.8 Å². The van der Waals surface area contributed by atoms with Crippen LogP contribution < -0.4 is 9.80 Å². The summed E-state index contributed by atoms with van der Waals surface area (Å²) in [4.78, 5) is 26.1. The second kappa shape index (κ2) is 17.6. The average molecular weight is 855 g/mol. The minimum Gasteiger partial charge on any atom is -0.370 e. The highest BCUT2D eigenvalue weighted by molar-refractivity contribution is 7.16. The minimum atomic E-state index is -1.61. The van der Waals surface area contributed by atoms with Crippen LogP contribution in [-0.4, -0.2) is 81.9 Å². The maximum absolute atomic E-state index is 16.4. The van der Waals surface area contributed by atoms with Gasteiger partial charge in [0.25, 0.3) is 0 Å². The molecule has 10 nitrogen and oxygen atoms in total. The van der Waals surface area contributed by atoms with Crippen molar-refractivity contribution in [3.8, 4) is 17.3 Å². The van der Waals surface area contributed by atoms with Gasteiger partial charge in [-0.3, -0.25) is 9.69 Å². The number of aromatic nitrogens is 3. The third kappa shape index (κ3) is 8.05. The lowest BCUT2D eigenvalue weighted by Gasteiger charge is -2.49. The van der Waals surface area contributed by atoms with E-state index in [1.54, 1.807) is 26.6 Å². The summed E-state index contributed by atoms with van der Waals surface area (Å²) in [5.74, 6) is -4.97. The van der Waals surface area contributed by atoms with Crippen molar-refractivity contribution in [2.75, 3.05) is 49.1 Å². The molecule has 0 saturated carbocycles. The Bertz CT molecular complexity index is 2590.